The third-order valence-corrected chi connectivity index (χ3v) is 2.66. The number of hydrogen-bond acceptors (Lipinski definition) is 5. The maximum atomic E-state index is 12.2. The summed E-state index contributed by atoms with van der Waals surface area (Å²) >= 11 is 5.80. The highest BCUT2D eigenvalue weighted by Gasteiger charge is 2.23. The van der Waals surface area contributed by atoms with Crippen molar-refractivity contribution < 1.29 is 19.1 Å². The fourth-order valence-electron chi connectivity index (χ4n) is 1.44. The number of aromatic nitrogens is 1. The van der Waals surface area contributed by atoms with Crippen LogP contribution in [0.5, 0.6) is 0 Å². The first-order chi connectivity index (χ1) is 9.64. The van der Waals surface area contributed by atoms with E-state index in [1.54, 1.807) is 27.7 Å². The van der Waals surface area contributed by atoms with Crippen molar-refractivity contribution in [3.05, 3.63) is 23.0 Å². The molecule has 1 aromatic rings. The molecular weight excluding hydrogens is 296 g/mol. The van der Waals surface area contributed by atoms with E-state index in [2.05, 4.69) is 10.3 Å². The molecule has 0 fully saturated rings. The van der Waals surface area contributed by atoms with Gasteiger partial charge in [-0.1, -0.05) is 11.6 Å². The number of ketones is 1. The number of methoxy groups -OCH3 is 1. The van der Waals surface area contributed by atoms with Crippen LogP contribution < -0.4 is 5.32 Å². The van der Waals surface area contributed by atoms with Gasteiger partial charge in [0.05, 0.1) is 5.69 Å². The number of nitrogens with one attached hydrogen (secondary N) is 1. The van der Waals surface area contributed by atoms with E-state index in [4.69, 9.17) is 21.1 Å². The van der Waals surface area contributed by atoms with Crippen molar-refractivity contribution in [1.82, 2.24) is 4.98 Å². The SMILES string of the molecule is COC(C)C(=O)c1nc(Cl)ccc1NC(=O)OC(C)(C)C. The average molecular weight is 315 g/mol. The van der Waals surface area contributed by atoms with Gasteiger partial charge in [0.1, 0.15) is 22.6 Å². The molecule has 0 bridgehead atoms. The Hall–Kier alpha value is -1.66. The van der Waals surface area contributed by atoms with E-state index in [0.717, 1.165) is 0 Å². The monoisotopic (exact) mass is 314 g/mol. The lowest BCUT2D eigenvalue weighted by molar-refractivity contribution is 0.0634. The van der Waals surface area contributed by atoms with Crippen molar-refractivity contribution in [2.75, 3.05) is 12.4 Å². The van der Waals surface area contributed by atoms with Gasteiger partial charge in [0.15, 0.2) is 0 Å². The van der Waals surface area contributed by atoms with Gasteiger partial charge in [-0.2, -0.15) is 0 Å². The van der Waals surface area contributed by atoms with Gasteiger partial charge in [-0.3, -0.25) is 10.1 Å². The summed E-state index contributed by atoms with van der Waals surface area (Å²) in [6, 6.07) is 2.97. The van der Waals surface area contributed by atoms with Crippen molar-refractivity contribution in [1.29, 1.82) is 0 Å². The molecule has 1 atom stereocenters. The molecule has 21 heavy (non-hydrogen) atoms. The van der Waals surface area contributed by atoms with E-state index >= 15 is 0 Å². The van der Waals surface area contributed by atoms with Gasteiger partial charge in [0.2, 0.25) is 5.78 Å². The number of pyridine rings is 1. The number of carbonyl (C=O) groups is 2. The van der Waals surface area contributed by atoms with Crippen molar-refractivity contribution in [3.63, 3.8) is 0 Å². The zero-order chi connectivity index (χ0) is 16.2. The third-order valence-electron chi connectivity index (χ3n) is 2.45. The Balaban J connectivity index is 3.02. The molecule has 1 aromatic heterocycles. The average Bonchev–Trinajstić information content (AvgIpc) is 2.36. The van der Waals surface area contributed by atoms with Crippen LogP contribution in [0.15, 0.2) is 12.1 Å². The quantitative estimate of drug-likeness (QED) is 0.681. The number of hydrogen-bond donors (Lipinski definition) is 1. The summed E-state index contributed by atoms with van der Waals surface area (Å²) in [5.74, 6) is -0.383. The molecule has 1 N–H and O–H groups in total. The van der Waals surface area contributed by atoms with Crippen LogP contribution in [0.25, 0.3) is 0 Å². The van der Waals surface area contributed by atoms with Crippen LogP contribution >= 0.6 is 11.6 Å². The third kappa shape index (κ3) is 5.32. The molecular formula is C14H19ClN2O4. The first kappa shape index (κ1) is 17.4. The topological polar surface area (TPSA) is 77.5 Å². The van der Waals surface area contributed by atoms with Crippen molar-refractivity contribution in [2.45, 2.75) is 39.4 Å². The maximum Gasteiger partial charge on any atom is 0.412 e. The van der Waals surface area contributed by atoms with Crippen LogP contribution in [0, 0.1) is 0 Å². The van der Waals surface area contributed by atoms with Crippen LogP contribution in [0.1, 0.15) is 38.2 Å². The molecule has 0 saturated carbocycles. The number of anilines is 1. The Morgan fingerprint density at radius 1 is 1.33 bits per heavy atom. The largest absolute Gasteiger partial charge is 0.444 e. The lowest BCUT2D eigenvalue weighted by atomic mass is 10.1. The van der Waals surface area contributed by atoms with E-state index < -0.39 is 17.8 Å². The van der Waals surface area contributed by atoms with E-state index in [1.807, 2.05) is 0 Å². The molecule has 1 heterocycles. The highest BCUT2D eigenvalue weighted by atomic mass is 35.5. The molecule has 0 radical (unpaired) electrons. The van der Waals surface area contributed by atoms with Gasteiger partial charge in [0, 0.05) is 7.11 Å². The molecule has 0 aliphatic rings. The van der Waals surface area contributed by atoms with Crippen LogP contribution in [0.4, 0.5) is 10.5 Å². The molecule has 6 nitrogen and oxygen atoms in total. The minimum absolute atomic E-state index is 0.0303. The number of nitrogens with zero attached hydrogens (tertiary/aromatic N) is 1. The smallest absolute Gasteiger partial charge is 0.412 e. The Bertz CT molecular complexity index is 540. The second-order valence-electron chi connectivity index (χ2n) is 5.40. The standard InChI is InChI=1S/C14H19ClN2O4/c1-8(20-5)12(18)11-9(6-7-10(15)17-11)16-13(19)21-14(2,3)4/h6-8H,1-5H3,(H,16,19). The lowest BCUT2D eigenvalue weighted by Crippen LogP contribution is -2.29. The predicted molar refractivity (Wildman–Crippen MR) is 79.9 cm³/mol. The predicted octanol–water partition coefficient (Wildman–Crippen LogP) is 3.30. The van der Waals surface area contributed by atoms with E-state index in [-0.39, 0.29) is 22.3 Å². The molecule has 7 heteroatoms. The van der Waals surface area contributed by atoms with Crippen molar-refractivity contribution >= 4 is 29.2 Å². The zero-order valence-corrected chi connectivity index (χ0v) is 13.4. The van der Waals surface area contributed by atoms with Gasteiger partial charge in [-0.25, -0.2) is 9.78 Å². The molecule has 0 aliphatic carbocycles. The van der Waals surface area contributed by atoms with Crippen molar-refractivity contribution in [2.24, 2.45) is 0 Å². The van der Waals surface area contributed by atoms with Gasteiger partial charge in [0.25, 0.3) is 0 Å². The Kier molecular flexibility index (Phi) is 5.69. The number of amides is 1. The minimum Gasteiger partial charge on any atom is -0.444 e. The highest BCUT2D eigenvalue weighted by molar-refractivity contribution is 6.29. The minimum atomic E-state index is -0.699. The van der Waals surface area contributed by atoms with Crippen LogP contribution in [-0.4, -0.2) is 35.7 Å². The summed E-state index contributed by atoms with van der Waals surface area (Å²) < 4.78 is 10.1. The molecule has 1 unspecified atom stereocenters. The fraction of sp³-hybridized carbons (Fsp3) is 0.500. The van der Waals surface area contributed by atoms with Crippen LogP contribution in [0.2, 0.25) is 5.15 Å². The van der Waals surface area contributed by atoms with Gasteiger partial charge >= 0.3 is 6.09 Å². The first-order valence-electron chi connectivity index (χ1n) is 6.37. The van der Waals surface area contributed by atoms with Crippen molar-refractivity contribution in [3.8, 4) is 0 Å². The van der Waals surface area contributed by atoms with Gasteiger partial charge in [-0.15, -0.1) is 0 Å². The normalized spacial score (nSPS) is 12.7. The zero-order valence-electron chi connectivity index (χ0n) is 12.7. The summed E-state index contributed by atoms with van der Waals surface area (Å²) in [5, 5.41) is 2.64. The van der Waals surface area contributed by atoms with Crippen LogP contribution in [0.3, 0.4) is 0 Å². The summed E-state index contributed by atoms with van der Waals surface area (Å²) in [5.41, 5.74) is -0.390. The van der Waals surface area contributed by atoms with Gasteiger partial charge < -0.3 is 9.47 Å². The molecule has 0 saturated heterocycles. The van der Waals surface area contributed by atoms with E-state index in [9.17, 15) is 9.59 Å². The summed E-state index contributed by atoms with van der Waals surface area (Å²) in [7, 11) is 1.41. The molecule has 116 valence electrons. The summed E-state index contributed by atoms with van der Waals surface area (Å²) in [4.78, 5) is 27.9. The highest BCUT2D eigenvalue weighted by Crippen LogP contribution is 2.20. The maximum absolute atomic E-state index is 12.2. The van der Waals surface area contributed by atoms with E-state index in [1.165, 1.54) is 19.2 Å². The second kappa shape index (κ2) is 6.87. The summed E-state index contributed by atoms with van der Waals surface area (Å²) in [6.07, 6.45) is -1.37. The molecule has 1 amide bonds. The Labute approximate surface area is 128 Å². The number of Topliss-reactive ketones (excluding diaryl/α,β-unsaturated/α-hetero) is 1. The molecule has 0 aromatic carbocycles. The number of ether oxygens (including phenoxy) is 2. The molecule has 0 aliphatic heterocycles. The molecule has 0 spiro atoms. The second-order valence-corrected chi connectivity index (χ2v) is 5.79. The van der Waals surface area contributed by atoms with Gasteiger partial charge in [-0.05, 0) is 39.8 Å². The Morgan fingerprint density at radius 3 is 2.48 bits per heavy atom. The Morgan fingerprint density at radius 2 is 1.95 bits per heavy atom. The first-order valence-corrected chi connectivity index (χ1v) is 6.75. The fourth-order valence-corrected chi connectivity index (χ4v) is 1.58. The van der Waals surface area contributed by atoms with E-state index in [0.29, 0.717) is 0 Å². The number of halogens is 1. The summed E-state index contributed by atoms with van der Waals surface area (Å²) in [6.45, 7) is 6.81. The molecule has 1 rings (SSSR count). The van der Waals surface area contributed by atoms with Crippen LogP contribution in [-0.2, 0) is 9.47 Å². The number of carbonyl (C=O) groups excluding carboxylic acids is 2. The number of rotatable bonds is 4. The lowest BCUT2D eigenvalue weighted by Gasteiger charge is -2.20.